The first-order chi connectivity index (χ1) is 6.00. The monoisotopic (exact) mass is 434 g/mol. The molecule has 1 aromatic rings. The molecular weight excluding hydrogens is 432 g/mol. The van der Waals surface area contributed by atoms with Gasteiger partial charge in [-0.05, 0) is 76.2 Å². The van der Waals surface area contributed by atoms with E-state index in [1.165, 1.54) is 0 Å². The van der Waals surface area contributed by atoms with E-state index in [0.717, 1.165) is 29.2 Å². The molecule has 0 aliphatic rings. The predicted octanol–water partition coefficient (Wildman–Crippen LogP) is 5.05. The van der Waals surface area contributed by atoms with E-state index in [-0.39, 0.29) is 0 Å². The molecule has 0 saturated carbocycles. The van der Waals surface area contributed by atoms with E-state index in [4.69, 9.17) is 4.74 Å². The van der Waals surface area contributed by atoms with E-state index >= 15 is 0 Å². The number of hydrogen-bond donors (Lipinski definition) is 0. The Morgan fingerprint density at radius 2 is 1.23 bits per heavy atom. The third kappa shape index (κ3) is 2.13. The second kappa shape index (κ2) is 4.64. The van der Waals surface area contributed by atoms with Crippen LogP contribution < -0.4 is 4.74 Å². The van der Waals surface area contributed by atoms with Crippen molar-refractivity contribution in [3.05, 3.63) is 23.5 Å². The molecule has 13 heavy (non-hydrogen) atoms. The Kier molecular flexibility index (Phi) is 4.29. The molecule has 0 spiro atoms. The zero-order valence-corrected chi connectivity index (χ0v) is 13.3. The zero-order valence-electron chi connectivity index (χ0n) is 6.92. The number of halogens is 4. The van der Waals surface area contributed by atoms with Crippen LogP contribution in [0.5, 0.6) is 5.75 Å². The molecule has 0 unspecified atom stereocenters. The van der Waals surface area contributed by atoms with Crippen LogP contribution in [0.15, 0.2) is 17.9 Å². The van der Waals surface area contributed by atoms with Crippen LogP contribution in [0, 0.1) is 6.92 Å². The van der Waals surface area contributed by atoms with Crippen LogP contribution in [0.4, 0.5) is 0 Å². The average Bonchev–Trinajstić information content (AvgIpc) is 2.13. The third-order valence-electron chi connectivity index (χ3n) is 1.65. The fraction of sp³-hybridized carbons (Fsp3) is 0.250. The summed E-state index contributed by atoms with van der Waals surface area (Å²) >= 11 is 13.9. The van der Waals surface area contributed by atoms with Gasteiger partial charge in [-0.1, -0.05) is 0 Å². The molecule has 0 aliphatic heterocycles. The van der Waals surface area contributed by atoms with Gasteiger partial charge in [0, 0.05) is 8.95 Å². The Morgan fingerprint density at radius 1 is 0.846 bits per heavy atom. The fourth-order valence-electron chi connectivity index (χ4n) is 0.901. The van der Waals surface area contributed by atoms with Crippen molar-refractivity contribution < 1.29 is 4.74 Å². The van der Waals surface area contributed by atoms with Gasteiger partial charge in [-0.2, -0.15) is 0 Å². The van der Waals surface area contributed by atoms with Gasteiger partial charge in [-0.15, -0.1) is 0 Å². The van der Waals surface area contributed by atoms with Crippen molar-refractivity contribution in [3.8, 4) is 5.75 Å². The van der Waals surface area contributed by atoms with Gasteiger partial charge < -0.3 is 4.74 Å². The first kappa shape index (κ1) is 12.0. The Labute approximate surface area is 111 Å². The molecule has 0 N–H and O–H groups in total. The number of hydrogen-bond acceptors (Lipinski definition) is 1. The number of ether oxygens (including phenoxy) is 1. The minimum absolute atomic E-state index is 0.782. The molecule has 0 amide bonds. The standard InChI is InChI=1S/C8H6Br4O/c1-3-4(9)6(11)8(13-2)7(12)5(3)10/h1-2H3. The Hall–Kier alpha value is 0.940. The van der Waals surface area contributed by atoms with Gasteiger partial charge in [0.15, 0.2) is 0 Å². The molecule has 5 heteroatoms. The summed E-state index contributed by atoms with van der Waals surface area (Å²) in [5.41, 5.74) is 1.12. The SMILES string of the molecule is COc1c(Br)c(Br)c(C)c(Br)c1Br. The van der Waals surface area contributed by atoms with Gasteiger partial charge >= 0.3 is 0 Å². The van der Waals surface area contributed by atoms with Gasteiger partial charge in [0.05, 0.1) is 16.1 Å². The minimum atomic E-state index is 0.782. The summed E-state index contributed by atoms with van der Waals surface area (Å²) in [6, 6.07) is 0. The molecule has 1 aromatic carbocycles. The summed E-state index contributed by atoms with van der Waals surface area (Å²) in [5.74, 6) is 0.782. The summed E-state index contributed by atoms with van der Waals surface area (Å²) < 4.78 is 9.08. The van der Waals surface area contributed by atoms with Crippen LogP contribution in [-0.4, -0.2) is 7.11 Å². The van der Waals surface area contributed by atoms with Gasteiger partial charge in [0.2, 0.25) is 0 Å². The molecule has 72 valence electrons. The molecule has 0 heterocycles. The van der Waals surface area contributed by atoms with Crippen molar-refractivity contribution in [2.75, 3.05) is 7.11 Å². The second-order valence-electron chi connectivity index (χ2n) is 2.41. The summed E-state index contributed by atoms with van der Waals surface area (Å²) in [7, 11) is 1.64. The summed E-state index contributed by atoms with van der Waals surface area (Å²) in [6.45, 7) is 2.02. The smallest absolute Gasteiger partial charge is 0.149 e. The van der Waals surface area contributed by atoms with Crippen molar-refractivity contribution in [1.29, 1.82) is 0 Å². The van der Waals surface area contributed by atoms with Crippen LogP contribution >= 0.6 is 63.7 Å². The van der Waals surface area contributed by atoms with Crippen molar-refractivity contribution in [2.24, 2.45) is 0 Å². The second-order valence-corrected chi connectivity index (χ2v) is 5.59. The Morgan fingerprint density at radius 3 is 1.54 bits per heavy atom. The molecule has 0 fully saturated rings. The highest BCUT2D eigenvalue weighted by Gasteiger charge is 2.16. The van der Waals surface area contributed by atoms with Crippen molar-refractivity contribution in [3.63, 3.8) is 0 Å². The highest BCUT2D eigenvalue weighted by molar-refractivity contribution is 9.14. The lowest BCUT2D eigenvalue weighted by molar-refractivity contribution is 0.408. The molecule has 0 aliphatic carbocycles. The van der Waals surface area contributed by atoms with E-state index in [0.29, 0.717) is 0 Å². The number of methoxy groups -OCH3 is 1. The fourth-order valence-corrected chi connectivity index (χ4v) is 3.50. The van der Waals surface area contributed by atoms with Crippen LogP contribution in [0.3, 0.4) is 0 Å². The molecule has 0 radical (unpaired) electrons. The Balaban J connectivity index is 3.56. The largest absolute Gasteiger partial charge is 0.494 e. The Bertz CT molecular complexity index is 319. The van der Waals surface area contributed by atoms with Gasteiger partial charge in [-0.25, -0.2) is 0 Å². The van der Waals surface area contributed by atoms with E-state index in [1.807, 2.05) is 6.92 Å². The van der Waals surface area contributed by atoms with Crippen LogP contribution in [0.25, 0.3) is 0 Å². The third-order valence-corrected chi connectivity index (χ3v) is 6.21. The van der Waals surface area contributed by atoms with E-state index in [1.54, 1.807) is 7.11 Å². The van der Waals surface area contributed by atoms with Gasteiger partial charge in [0.1, 0.15) is 5.75 Å². The minimum Gasteiger partial charge on any atom is -0.494 e. The van der Waals surface area contributed by atoms with Crippen LogP contribution in [-0.2, 0) is 0 Å². The van der Waals surface area contributed by atoms with Crippen molar-refractivity contribution in [1.82, 2.24) is 0 Å². The molecule has 0 aromatic heterocycles. The lowest BCUT2D eigenvalue weighted by Crippen LogP contribution is -1.91. The summed E-state index contributed by atoms with van der Waals surface area (Å²) in [6.07, 6.45) is 0. The maximum Gasteiger partial charge on any atom is 0.149 e. The van der Waals surface area contributed by atoms with Crippen molar-refractivity contribution >= 4 is 63.7 Å². The highest BCUT2D eigenvalue weighted by Crippen LogP contribution is 2.45. The van der Waals surface area contributed by atoms with Crippen molar-refractivity contribution in [2.45, 2.75) is 6.92 Å². The predicted molar refractivity (Wildman–Crippen MR) is 68.5 cm³/mol. The van der Waals surface area contributed by atoms with E-state index in [2.05, 4.69) is 63.7 Å². The summed E-state index contributed by atoms with van der Waals surface area (Å²) in [5, 5.41) is 0. The first-order valence-corrected chi connectivity index (χ1v) is 6.54. The first-order valence-electron chi connectivity index (χ1n) is 3.37. The quantitative estimate of drug-likeness (QED) is 0.558. The lowest BCUT2D eigenvalue weighted by Gasteiger charge is -2.12. The maximum absolute atomic E-state index is 5.24. The molecular formula is C8H6Br4O. The van der Waals surface area contributed by atoms with Gasteiger partial charge in [-0.3, -0.25) is 0 Å². The molecule has 1 nitrogen and oxygen atoms in total. The number of rotatable bonds is 1. The summed E-state index contributed by atoms with van der Waals surface area (Å²) in [4.78, 5) is 0. The topological polar surface area (TPSA) is 9.23 Å². The average molecular weight is 438 g/mol. The zero-order chi connectivity index (χ0) is 10.2. The van der Waals surface area contributed by atoms with E-state index in [9.17, 15) is 0 Å². The molecule has 0 atom stereocenters. The lowest BCUT2D eigenvalue weighted by atomic mass is 10.2. The number of benzene rings is 1. The van der Waals surface area contributed by atoms with Crippen LogP contribution in [0.2, 0.25) is 0 Å². The van der Waals surface area contributed by atoms with Gasteiger partial charge in [0.25, 0.3) is 0 Å². The molecule has 1 rings (SSSR count). The molecule has 0 bridgehead atoms. The molecule has 0 saturated heterocycles. The normalized spacial score (nSPS) is 10.3. The van der Waals surface area contributed by atoms with E-state index < -0.39 is 0 Å². The maximum atomic E-state index is 5.24. The highest BCUT2D eigenvalue weighted by atomic mass is 79.9. The van der Waals surface area contributed by atoms with Crippen LogP contribution in [0.1, 0.15) is 5.56 Å².